The van der Waals surface area contributed by atoms with Crippen molar-refractivity contribution in [2.75, 3.05) is 24.6 Å². The largest absolute Gasteiger partial charge is 0.313 e. The number of hydrogen-bond acceptors (Lipinski definition) is 4. The molecular formula is C11H24N2O2S. The second-order valence-electron chi connectivity index (χ2n) is 5.56. The SMILES string of the molecule is CC(C)(C)NCCNC1CCS(=O)(=O)CC1. The van der Waals surface area contributed by atoms with Crippen molar-refractivity contribution >= 4 is 9.84 Å². The maximum Gasteiger partial charge on any atom is 0.150 e. The summed E-state index contributed by atoms with van der Waals surface area (Å²) in [6.07, 6.45) is 1.52. The first-order valence-electron chi connectivity index (χ1n) is 5.97. The zero-order valence-corrected chi connectivity index (χ0v) is 11.4. The fraction of sp³-hybridized carbons (Fsp3) is 1.00. The van der Waals surface area contributed by atoms with Crippen LogP contribution in [0.25, 0.3) is 0 Å². The van der Waals surface area contributed by atoms with Gasteiger partial charge in [0.05, 0.1) is 11.5 Å². The minimum absolute atomic E-state index is 0.150. The molecule has 0 unspecified atom stereocenters. The highest BCUT2D eigenvalue weighted by Gasteiger charge is 2.22. The molecule has 1 aliphatic heterocycles. The van der Waals surface area contributed by atoms with Gasteiger partial charge in [-0.3, -0.25) is 0 Å². The first-order chi connectivity index (χ1) is 7.29. The molecule has 0 radical (unpaired) electrons. The fourth-order valence-electron chi connectivity index (χ4n) is 1.81. The van der Waals surface area contributed by atoms with E-state index in [4.69, 9.17) is 0 Å². The summed E-state index contributed by atoms with van der Waals surface area (Å²) in [6.45, 7) is 8.25. The van der Waals surface area contributed by atoms with Gasteiger partial charge < -0.3 is 10.6 Å². The van der Waals surface area contributed by atoms with Gasteiger partial charge >= 0.3 is 0 Å². The zero-order chi connectivity index (χ0) is 12.2. The highest BCUT2D eigenvalue weighted by Crippen LogP contribution is 2.11. The Hall–Kier alpha value is -0.130. The van der Waals surface area contributed by atoms with Gasteiger partial charge in [-0.05, 0) is 33.6 Å². The number of sulfone groups is 1. The molecule has 0 atom stereocenters. The topological polar surface area (TPSA) is 58.2 Å². The summed E-state index contributed by atoms with van der Waals surface area (Å²) in [5, 5.41) is 6.80. The second-order valence-corrected chi connectivity index (χ2v) is 7.86. The van der Waals surface area contributed by atoms with E-state index in [2.05, 4.69) is 31.4 Å². The number of hydrogen-bond donors (Lipinski definition) is 2. The minimum Gasteiger partial charge on any atom is -0.313 e. The van der Waals surface area contributed by atoms with E-state index in [1.54, 1.807) is 0 Å². The predicted molar refractivity (Wildman–Crippen MR) is 67.4 cm³/mol. The van der Waals surface area contributed by atoms with Crippen molar-refractivity contribution in [1.29, 1.82) is 0 Å². The maximum atomic E-state index is 11.2. The minimum atomic E-state index is -2.73. The average molecular weight is 248 g/mol. The molecule has 0 bridgehead atoms. The first kappa shape index (κ1) is 13.9. The van der Waals surface area contributed by atoms with E-state index in [9.17, 15) is 8.42 Å². The lowest BCUT2D eigenvalue weighted by Crippen LogP contribution is -2.44. The van der Waals surface area contributed by atoms with Crippen LogP contribution in [-0.4, -0.2) is 44.6 Å². The molecule has 0 aromatic rings. The molecule has 4 nitrogen and oxygen atoms in total. The van der Waals surface area contributed by atoms with Gasteiger partial charge in [-0.1, -0.05) is 0 Å². The van der Waals surface area contributed by atoms with Gasteiger partial charge in [0.1, 0.15) is 9.84 Å². The van der Waals surface area contributed by atoms with Crippen LogP contribution in [0.5, 0.6) is 0 Å². The third kappa shape index (κ3) is 5.82. The van der Waals surface area contributed by atoms with Gasteiger partial charge in [0, 0.05) is 24.7 Å². The van der Waals surface area contributed by atoms with Crippen molar-refractivity contribution < 1.29 is 8.42 Å². The highest BCUT2D eigenvalue weighted by molar-refractivity contribution is 7.91. The van der Waals surface area contributed by atoms with E-state index in [0.29, 0.717) is 17.5 Å². The normalized spacial score (nSPS) is 22.2. The quantitative estimate of drug-likeness (QED) is 0.713. The Kier molecular flexibility index (Phi) is 4.76. The average Bonchev–Trinajstić information content (AvgIpc) is 2.13. The van der Waals surface area contributed by atoms with E-state index in [1.165, 1.54) is 0 Å². The fourth-order valence-corrected chi connectivity index (χ4v) is 3.30. The monoisotopic (exact) mass is 248 g/mol. The van der Waals surface area contributed by atoms with E-state index in [1.807, 2.05) is 0 Å². The van der Waals surface area contributed by atoms with Gasteiger partial charge in [0.15, 0.2) is 0 Å². The Morgan fingerprint density at radius 1 is 1.12 bits per heavy atom. The zero-order valence-electron chi connectivity index (χ0n) is 10.5. The van der Waals surface area contributed by atoms with Crippen molar-refractivity contribution in [3.8, 4) is 0 Å². The molecule has 5 heteroatoms. The van der Waals surface area contributed by atoms with Crippen LogP contribution in [0.15, 0.2) is 0 Å². The summed E-state index contributed by atoms with van der Waals surface area (Å²) >= 11 is 0. The van der Waals surface area contributed by atoms with E-state index < -0.39 is 9.84 Å². The van der Waals surface area contributed by atoms with Crippen molar-refractivity contribution in [2.24, 2.45) is 0 Å². The molecule has 0 aromatic carbocycles. The van der Waals surface area contributed by atoms with Crippen LogP contribution < -0.4 is 10.6 Å². The van der Waals surface area contributed by atoms with Gasteiger partial charge in [-0.25, -0.2) is 8.42 Å². The summed E-state index contributed by atoms with van der Waals surface area (Å²) in [5.74, 6) is 0.689. The lowest BCUT2D eigenvalue weighted by atomic mass is 10.1. The van der Waals surface area contributed by atoms with Crippen LogP contribution in [0.1, 0.15) is 33.6 Å². The van der Waals surface area contributed by atoms with Crippen LogP contribution in [0, 0.1) is 0 Å². The molecule has 0 saturated carbocycles. The van der Waals surface area contributed by atoms with Crippen molar-refractivity contribution in [1.82, 2.24) is 10.6 Å². The van der Waals surface area contributed by atoms with Crippen molar-refractivity contribution in [3.63, 3.8) is 0 Å². The Morgan fingerprint density at radius 2 is 1.69 bits per heavy atom. The number of nitrogens with one attached hydrogen (secondary N) is 2. The smallest absolute Gasteiger partial charge is 0.150 e. The maximum absolute atomic E-state index is 11.2. The lowest BCUT2D eigenvalue weighted by molar-refractivity contribution is 0.400. The summed E-state index contributed by atoms with van der Waals surface area (Å²) in [5.41, 5.74) is 0.150. The molecule has 1 heterocycles. The van der Waals surface area contributed by atoms with Gasteiger partial charge in [-0.15, -0.1) is 0 Å². The van der Waals surface area contributed by atoms with Crippen LogP contribution in [0.4, 0.5) is 0 Å². The standard InChI is InChI=1S/C11H24N2O2S/c1-11(2,3)13-7-6-12-10-4-8-16(14,15)9-5-10/h10,12-13H,4-9H2,1-3H3. The van der Waals surface area contributed by atoms with E-state index >= 15 is 0 Å². The summed E-state index contributed by atoms with van der Waals surface area (Å²) < 4.78 is 22.4. The molecule has 1 fully saturated rings. The first-order valence-corrected chi connectivity index (χ1v) is 7.79. The molecular weight excluding hydrogens is 224 g/mol. The molecule has 96 valence electrons. The molecule has 1 saturated heterocycles. The van der Waals surface area contributed by atoms with E-state index in [-0.39, 0.29) is 5.54 Å². The molecule has 1 aliphatic rings. The van der Waals surface area contributed by atoms with Crippen molar-refractivity contribution in [2.45, 2.75) is 45.2 Å². The van der Waals surface area contributed by atoms with Gasteiger partial charge in [0.25, 0.3) is 0 Å². The third-order valence-electron chi connectivity index (χ3n) is 2.77. The lowest BCUT2D eigenvalue weighted by Gasteiger charge is -2.25. The summed E-state index contributed by atoms with van der Waals surface area (Å²) in [4.78, 5) is 0. The number of rotatable bonds is 4. The molecule has 0 aliphatic carbocycles. The Balaban J connectivity index is 2.11. The Morgan fingerprint density at radius 3 is 2.19 bits per heavy atom. The summed E-state index contributed by atoms with van der Waals surface area (Å²) in [7, 11) is -2.73. The molecule has 16 heavy (non-hydrogen) atoms. The molecule has 0 spiro atoms. The van der Waals surface area contributed by atoms with Crippen LogP contribution >= 0.6 is 0 Å². The second kappa shape index (κ2) is 5.47. The molecule has 2 N–H and O–H groups in total. The predicted octanol–water partition coefficient (Wildman–Crippen LogP) is 0.541. The van der Waals surface area contributed by atoms with E-state index in [0.717, 1.165) is 25.9 Å². The van der Waals surface area contributed by atoms with Gasteiger partial charge in [0.2, 0.25) is 0 Å². The van der Waals surface area contributed by atoms with Crippen molar-refractivity contribution in [3.05, 3.63) is 0 Å². The van der Waals surface area contributed by atoms with Crippen LogP contribution in [0.2, 0.25) is 0 Å². The van der Waals surface area contributed by atoms with Crippen LogP contribution in [0.3, 0.4) is 0 Å². The summed E-state index contributed by atoms with van der Waals surface area (Å²) in [6, 6.07) is 0.380. The highest BCUT2D eigenvalue weighted by atomic mass is 32.2. The molecule has 0 amide bonds. The Bertz CT molecular complexity index is 292. The molecule has 0 aromatic heterocycles. The molecule has 1 rings (SSSR count). The van der Waals surface area contributed by atoms with Gasteiger partial charge in [-0.2, -0.15) is 0 Å². The Labute approximate surface area is 99.1 Å². The third-order valence-corrected chi connectivity index (χ3v) is 4.48. The van der Waals surface area contributed by atoms with Crippen LogP contribution in [-0.2, 0) is 9.84 Å².